The zero-order valence-electron chi connectivity index (χ0n) is 11.2. The van der Waals surface area contributed by atoms with Gasteiger partial charge in [-0.15, -0.1) is 0 Å². The minimum Gasteiger partial charge on any atom is -0.497 e. The summed E-state index contributed by atoms with van der Waals surface area (Å²) in [5, 5.41) is 0. The lowest BCUT2D eigenvalue weighted by Gasteiger charge is -2.25. The van der Waals surface area contributed by atoms with Gasteiger partial charge in [0.05, 0.1) is 7.11 Å². The van der Waals surface area contributed by atoms with Crippen molar-refractivity contribution in [1.82, 2.24) is 0 Å². The number of halogens is 1. The maximum Gasteiger partial charge on any atom is 0.123 e. The topological polar surface area (TPSA) is 35.2 Å². The van der Waals surface area contributed by atoms with Gasteiger partial charge < -0.3 is 10.5 Å². The van der Waals surface area contributed by atoms with E-state index in [9.17, 15) is 4.39 Å². The van der Waals surface area contributed by atoms with E-state index in [1.54, 1.807) is 13.2 Å². The fourth-order valence-electron chi connectivity index (χ4n) is 2.14. The Balaban J connectivity index is 2.21. The van der Waals surface area contributed by atoms with E-state index in [1.165, 1.54) is 12.1 Å². The van der Waals surface area contributed by atoms with E-state index in [0.29, 0.717) is 6.42 Å². The summed E-state index contributed by atoms with van der Waals surface area (Å²) in [6, 6.07) is 14.2. The highest BCUT2D eigenvalue weighted by Crippen LogP contribution is 2.25. The van der Waals surface area contributed by atoms with E-state index < -0.39 is 5.54 Å². The molecule has 0 heterocycles. The molecule has 2 nitrogen and oxygen atoms in total. The number of hydrogen-bond donors (Lipinski definition) is 1. The molecule has 2 aromatic carbocycles. The maximum absolute atomic E-state index is 13.2. The average molecular weight is 259 g/mol. The third-order valence-electron chi connectivity index (χ3n) is 3.21. The molecule has 0 radical (unpaired) electrons. The minimum atomic E-state index is -0.542. The molecule has 1 unspecified atom stereocenters. The predicted octanol–water partition coefficient (Wildman–Crippen LogP) is 3.25. The molecule has 0 aliphatic carbocycles. The van der Waals surface area contributed by atoms with E-state index >= 15 is 0 Å². The smallest absolute Gasteiger partial charge is 0.123 e. The molecule has 100 valence electrons. The Morgan fingerprint density at radius 3 is 2.42 bits per heavy atom. The molecular formula is C16H18FNO. The van der Waals surface area contributed by atoms with Gasteiger partial charge in [-0.3, -0.25) is 0 Å². The molecule has 0 aliphatic heterocycles. The summed E-state index contributed by atoms with van der Waals surface area (Å²) < 4.78 is 18.3. The molecule has 0 spiro atoms. The largest absolute Gasteiger partial charge is 0.497 e. The number of methoxy groups -OCH3 is 1. The second kappa shape index (κ2) is 5.41. The van der Waals surface area contributed by atoms with Crippen LogP contribution >= 0.6 is 0 Å². The molecule has 3 heteroatoms. The van der Waals surface area contributed by atoms with E-state index in [4.69, 9.17) is 10.5 Å². The standard InChI is InChI=1S/C16H18FNO/c1-16(18,11-12-4-3-5-14(17)10-12)13-6-8-15(19-2)9-7-13/h3-10H,11,18H2,1-2H3. The van der Waals surface area contributed by atoms with Crippen molar-refractivity contribution in [2.45, 2.75) is 18.9 Å². The Labute approximate surface area is 113 Å². The lowest BCUT2D eigenvalue weighted by atomic mass is 9.86. The molecule has 0 saturated heterocycles. The van der Waals surface area contributed by atoms with Crippen molar-refractivity contribution in [2.75, 3.05) is 7.11 Å². The van der Waals surface area contributed by atoms with Gasteiger partial charge in [0.25, 0.3) is 0 Å². The van der Waals surface area contributed by atoms with Gasteiger partial charge in [0, 0.05) is 5.54 Å². The second-order valence-corrected chi connectivity index (χ2v) is 4.95. The summed E-state index contributed by atoms with van der Waals surface area (Å²) in [7, 11) is 1.63. The molecule has 0 bridgehead atoms. The SMILES string of the molecule is COc1ccc(C(C)(N)Cc2cccc(F)c2)cc1. The number of hydrogen-bond acceptors (Lipinski definition) is 2. The summed E-state index contributed by atoms with van der Waals surface area (Å²) in [6.07, 6.45) is 0.580. The Morgan fingerprint density at radius 1 is 1.16 bits per heavy atom. The monoisotopic (exact) mass is 259 g/mol. The van der Waals surface area contributed by atoms with Crippen LogP contribution in [0.5, 0.6) is 5.75 Å². The number of nitrogens with two attached hydrogens (primary N) is 1. The maximum atomic E-state index is 13.2. The number of rotatable bonds is 4. The molecule has 1 atom stereocenters. The summed E-state index contributed by atoms with van der Waals surface area (Å²) in [5.74, 6) is 0.563. The van der Waals surface area contributed by atoms with Crippen molar-refractivity contribution in [3.63, 3.8) is 0 Å². The molecule has 0 aromatic heterocycles. The Kier molecular flexibility index (Phi) is 3.86. The summed E-state index contributed by atoms with van der Waals surface area (Å²) >= 11 is 0. The summed E-state index contributed by atoms with van der Waals surface area (Å²) in [5.41, 5.74) is 7.69. The molecule has 19 heavy (non-hydrogen) atoms. The van der Waals surface area contributed by atoms with Crippen LogP contribution in [0.25, 0.3) is 0 Å². The van der Waals surface area contributed by atoms with Gasteiger partial charge in [0.15, 0.2) is 0 Å². The number of benzene rings is 2. The zero-order valence-corrected chi connectivity index (χ0v) is 11.2. The fraction of sp³-hybridized carbons (Fsp3) is 0.250. The van der Waals surface area contributed by atoms with Gasteiger partial charge >= 0.3 is 0 Å². The second-order valence-electron chi connectivity index (χ2n) is 4.95. The van der Waals surface area contributed by atoms with Gasteiger partial charge in [-0.25, -0.2) is 4.39 Å². The first kappa shape index (κ1) is 13.6. The van der Waals surface area contributed by atoms with Gasteiger partial charge in [-0.05, 0) is 48.7 Å². The Bertz CT molecular complexity index is 549. The van der Waals surface area contributed by atoms with Crippen molar-refractivity contribution < 1.29 is 9.13 Å². The summed E-state index contributed by atoms with van der Waals surface area (Å²) in [6.45, 7) is 1.94. The van der Waals surface area contributed by atoms with Crippen LogP contribution in [0.15, 0.2) is 48.5 Å². The van der Waals surface area contributed by atoms with E-state index in [1.807, 2.05) is 37.3 Å². The first-order chi connectivity index (χ1) is 9.01. The van der Waals surface area contributed by atoms with Crippen LogP contribution in [0.3, 0.4) is 0 Å². The molecule has 0 aliphatic rings. The molecule has 0 fully saturated rings. The third-order valence-corrected chi connectivity index (χ3v) is 3.21. The molecule has 2 rings (SSSR count). The summed E-state index contributed by atoms with van der Waals surface area (Å²) in [4.78, 5) is 0. The van der Waals surface area contributed by atoms with Crippen LogP contribution in [0.2, 0.25) is 0 Å². The van der Waals surface area contributed by atoms with Crippen LogP contribution in [-0.2, 0) is 12.0 Å². The first-order valence-electron chi connectivity index (χ1n) is 6.19. The van der Waals surface area contributed by atoms with Gasteiger partial charge in [0.2, 0.25) is 0 Å². The Morgan fingerprint density at radius 2 is 1.84 bits per heavy atom. The third kappa shape index (κ3) is 3.32. The van der Waals surface area contributed by atoms with Crippen molar-refractivity contribution in [3.05, 3.63) is 65.5 Å². The van der Waals surface area contributed by atoms with Crippen LogP contribution < -0.4 is 10.5 Å². The Hall–Kier alpha value is -1.87. The van der Waals surface area contributed by atoms with Gasteiger partial charge in [-0.2, -0.15) is 0 Å². The van der Waals surface area contributed by atoms with Crippen LogP contribution in [0.1, 0.15) is 18.1 Å². The van der Waals surface area contributed by atoms with Crippen molar-refractivity contribution >= 4 is 0 Å². The average Bonchev–Trinajstić information content (AvgIpc) is 2.38. The van der Waals surface area contributed by atoms with Gasteiger partial charge in [0.1, 0.15) is 11.6 Å². The predicted molar refractivity (Wildman–Crippen MR) is 74.6 cm³/mol. The van der Waals surface area contributed by atoms with Crippen molar-refractivity contribution in [2.24, 2.45) is 5.73 Å². The van der Waals surface area contributed by atoms with E-state index in [2.05, 4.69) is 0 Å². The highest BCUT2D eigenvalue weighted by Gasteiger charge is 2.21. The van der Waals surface area contributed by atoms with Crippen LogP contribution in [-0.4, -0.2) is 7.11 Å². The van der Waals surface area contributed by atoms with Crippen LogP contribution in [0, 0.1) is 5.82 Å². The lowest BCUT2D eigenvalue weighted by molar-refractivity contribution is 0.413. The fourth-order valence-corrected chi connectivity index (χ4v) is 2.14. The molecular weight excluding hydrogens is 241 g/mol. The normalized spacial score (nSPS) is 13.9. The molecule has 2 N–H and O–H groups in total. The molecule has 0 amide bonds. The van der Waals surface area contributed by atoms with Gasteiger partial charge in [-0.1, -0.05) is 24.3 Å². The van der Waals surface area contributed by atoms with E-state index in [0.717, 1.165) is 16.9 Å². The first-order valence-corrected chi connectivity index (χ1v) is 6.19. The van der Waals surface area contributed by atoms with Crippen LogP contribution in [0.4, 0.5) is 4.39 Å². The highest BCUT2D eigenvalue weighted by atomic mass is 19.1. The van der Waals surface area contributed by atoms with Crippen molar-refractivity contribution in [1.29, 1.82) is 0 Å². The lowest BCUT2D eigenvalue weighted by Crippen LogP contribution is -2.35. The zero-order chi connectivity index (χ0) is 13.9. The highest BCUT2D eigenvalue weighted by molar-refractivity contribution is 5.33. The quantitative estimate of drug-likeness (QED) is 0.914. The number of ether oxygens (including phenoxy) is 1. The minimum absolute atomic E-state index is 0.233. The molecule has 0 saturated carbocycles. The van der Waals surface area contributed by atoms with E-state index in [-0.39, 0.29) is 5.82 Å². The molecule has 2 aromatic rings. The van der Waals surface area contributed by atoms with Crippen molar-refractivity contribution in [3.8, 4) is 5.75 Å².